The Labute approximate surface area is 116 Å². The Morgan fingerprint density at radius 2 is 2.26 bits per heavy atom. The van der Waals surface area contributed by atoms with Crippen LogP contribution in [0.1, 0.15) is 32.4 Å². The smallest absolute Gasteiger partial charge is 0.0492 e. The van der Waals surface area contributed by atoms with E-state index in [9.17, 15) is 0 Å². The van der Waals surface area contributed by atoms with Gasteiger partial charge in [0, 0.05) is 56.6 Å². The van der Waals surface area contributed by atoms with Gasteiger partial charge in [-0.05, 0) is 38.7 Å². The van der Waals surface area contributed by atoms with Crippen molar-refractivity contribution in [2.75, 3.05) is 19.6 Å². The molecule has 1 saturated carbocycles. The van der Waals surface area contributed by atoms with E-state index in [1.807, 2.05) is 17.9 Å². The molecule has 1 aromatic heterocycles. The van der Waals surface area contributed by atoms with Crippen molar-refractivity contribution < 1.29 is 0 Å². The van der Waals surface area contributed by atoms with Crippen LogP contribution in [-0.4, -0.2) is 45.9 Å². The lowest BCUT2D eigenvalue weighted by Crippen LogP contribution is -2.63. The van der Waals surface area contributed by atoms with Gasteiger partial charge in [-0.3, -0.25) is 9.58 Å². The highest BCUT2D eigenvalue weighted by molar-refractivity contribution is 5.05. The second-order valence-corrected chi connectivity index (χ2v) is 6.59. The number of hydrogen-bond acceptors (Lipinski definition) is 3. The molecule has 1 aromatic rings. The maximum absolute atomic E-state index is 4.25. The lowest BCUT2D eigenvalue weighted by atomic mass is 9.91. The molecular weight excluding hydrogens is 236 g/mol. The highest BCUT2D eigenvalue weighted by atomic mass is 15.3. The van der Waals surface area contributed by atoms with Gasteiger partial charge in [0.1, 0.15) is 0 Å². The van der Waals surface area contributed by atoms with Crippen LogP contribution >= 0.6 is 0 Å². The molecule has 0 radical (unpaired) electrons. The van der Waals surface area contributed by atoms with Gasteiger partial charge in [0.25, 0.3) is 0 Å². The molecule has 0 amide bonds. The van der Waals surface area contributed by atoms with Crippen LogP contribution in [0.3, 0.4) is 0 Å². The van der Waals surface area contributed by atoms with E-state index in [1.54, 1.807) is 0 Å². The normalized spacial score (nSPS) is 32.7. The van der Waals surface area contributed by atoms with Gasteiger partial charge in [0.2, 0.25) is 0 Å². The molecule has 4 nitrogen and oxygen atoms in total. The predicted octanol–water partition coefficient (Wildman–Crippen LogP) is 1.42. The van der Waals surface area contributed by atoms with E-state index in [4.69, 9.17) is 0 Å². The third-order valence-electron chi connectivity index (χ3n) is 5.01. The number of piperazine rings is 1. The van der Waals surface area contributed by atoms with Crippen LogP contribution in [0.15, 0.2) is 12.3 Å². The molecule has 2 aliphatic rings. The molecule has 4 heteroatoms. The first-order chi connectivity index (χ1) is 9.08. The topological polar surface area (TPSA) is 33.1 Å². The summed E-state index contributed by atoms with van der Waals surface area (Å²) in [6, 6.07) is 2.77. The molecule has 0 aromatic carbocycles. The van der Waals surface area contributed by atoms with Gasteiger partial charge in [-0.1, -0.05) is 0 Å². The third kappa shape index (κ3) is 2.70. The first-order valence-corrected chi connectivity index (χ1v) is 7.54. The largest absolute Gasteiger partial charge is 0.308 e. The Hall–Kier alpha value is -0.870. The van der Waals surface area contributed by atoms with Crippen molar-refractivity contribution in [2.45, 2.75) is 44.7 Å². The Morgan fingerprint density at radius 3 is 2.89 bits per heavy atom. The average molecular weight is 262 g/mol. The summed E-state index contributed by atoms with van der Waals surface area (Å²) in [7, 11) is 2.03. The van der Waals surface area contributed by atoms with Gasteiger partial charge in [-0.2, -0.15) is 5.10 Å². The van der Waals surface area contributed by atoms with Gasteiger partial charge in [-0.15, -0.1) is 0 Å². The molecule has 106 valence electrons. The van der Waals surface area contributed by atoms with Crippen LogP contribution in [0.4, 0.5) is 0 Å². The van der Waals surface area contributed by atoms with Crippen molar-refractivity contribution in [2.24, 2.45) is 13.0 Å². The lowest BCUT2D eigenvalue weighted by molar-refractivity contribution is 0.0840. The Bertz CT molecular complexity index is 437. The van der Waals surface area contributed by atoms with Crippen LogP contribution in [0, 0.1) is 5.92 Å². The minimum absolute atomic E-state index is 0.346. The van der Waals surface area contributed by atoms with E-state index in [0.29, 0.717) is 11.6 Å². The number of aromatic nitrogens is 2. The molecule has 1 N–H and O–H groups in total. The number of aryl methyl sites for hydroxylation is 1. The fourth-order valence-electron chi connectivity index (χ4n) is 3.34. The molecule has 0 bridgehead atoms. The van der Waals surface area contributed by atoms with Crippen molar-refractivity contribution >= 4 is 0 Å². The summed E-state index contributed by atoms with van der Waals surface area (Å²) in [6.45, 7) is 8.20. The van der Waals surface area contributed by atoms with Crippen LogP contribution in [-0.2, 0) is 13.5 Å². The molecule has 19 heavy (non-hydrogen) atoms. The van der Waals surface area contributed by atoms with Crippen LogP contribution in [0.2, 0.25) is 0 Å². The standard InChI is InChI=1S/C15H26N4/c1-12-10-16-15(2,13-4-5-13)11-19(12)9-7-14-6-8-17-18(14)3/h6,8,12-13,16H,4-5,7,9-11H2,1-3H3. The summed E-state index contributed by atoms with van der Waals surface area (Å²) in [6.07, 6.45) is 5.81. The highest BCUT2D eigenvalue weighted by Gasteiger charge is 2.45. The Kier molecular flexibility index (Phi) is 3.39. The fraction of sp³-hybridized carbons (Fsp3) is 0.800. The zero-order valence-electron chi connectivity index (χ0n) is 12.4. The molecule has 1 saturated heterocycles. The van der Waals surface area contributed by atoms with E-state index in [0.717, 1.165) is 25.4 Å². The van der Waals surface area contributed by atoms with Gasteiger partial charge in [-0.25, -0.2) is 0 Å². The summed E-state index contributed by atoms with van der Waals surface area (Å²) in [5.41, 5.74) is 1.68. The minimum Gasteiger partial charge on any atom is -0.308 e. The first kappa shape index (κ1) is 13.1. The average Bonchev–Trinajstić information content (AvgIpc) is 3.16. The first-order valence-electron chi connectivity index (χ1n) is 7.54. The Balaban J connectivity index is 1.60. The van der Waals surface area contributed by atoms with Gasteiger partial charge >= 0.3 is 0 Å². The summed E-state index contributed by atoms with van der Waals surface area (Å²) >= 11 is 0. The van der Waals surface area contributed by atoms with E-state index in [2.05, 4.69) is 35.2 Å². The monoisotopic (exact) mass is 262 g/mol. The van der Waals surface area contributed by atoms with Crippen molar-refractivity contribution in [3.63, 3.8) is 0 Å². The molecule has 0 spiro atoms. The summed E-state index contributed by atoms with van der Waals surface area (Å²) in [5, 5.41) is 8.03. The van der Waals surface area contributed by atoms with Crippen LogP contribution in [0.25, 0.3) is 0 Å². The quantitative estimate of drug-likeness (QED) is 0.891. The molecule has 2 unspecified atom stereocenters. The van der Waals surface area contributed by atoms with E-state index >= 15 is 0 Å². The molecule has 3 rings (SSSR count). The van der Waals surface area contributed by atoms with E-state index in [-0.39, 0.29) is 0 Å². The molecule has 2 heterocycles. The summed E-state index contributed by atoms with van der Waals surface area (Å²) in [4.78, 5) is 2.65. The molecule has 2 fully saturated rings. The Morgan fingerprint density at radius 1 is 1.47 bits per heavy atom. The second-order valence-electron chi connectivity index (χ2n) is 6.59. The summed E-state index contributed by atoms with van der Waals surface area (Å²) in [5.74, 6) is 0.902. The molecule has 1 aliphatic heterocycles. The molecule has 1 aliphatic carbocycles. The maximum atomic E-state index is 4.25. The molecular formula is C15H26N4. The van der Waals surface area contributed by atoms with E-state index < -0.39 is 0 Å². The minimum atomic E-state index is 0.346. The van der Waals surface area contributed by atoms with Crippen molar-refractivity contribution in [1.82, 2.24) is 20.0 Å². The maximum Gasteiger partial charge on any atom is 0.0492 e. The van der Waals surface area contributed by atoms with Crippen molar-refractivity contribution in [1.29, 1.82) is 0 Å². The van der Waals surface area contributed by atoms with Gasteiger partial charge in [0.05, 0.1) is 0 Å². The summed E-state index contributed by atoms with van der Waals surface area (Å²) < 4.78 is 1.99. The lowest BCUT2D eigenvalue weighted by Gasteiger charge is -2.45. The predicted molar refractivity (Wildman–Crippen MR) is 77.1 cm³/mol. The zero-order chi connectivity index (χ0) is 13.5. The highest BCUT2D eigenvalue weighted by Crippen LogP contribution is 2.41. The molecule has 2 atom stereocenters. The van der Waals surface area contributed by atoms with Crippen LogP contribution in [0.5, 0.6) is 0 Å². The number of nitrogens with one attached hydrogen (secondary N) is 1. The third-order valence-corrected chi connectivity index (χ3v) is 5.01. The van der Waals surface area contributed by atoms with E-state index in [1.165, 1.54) is 25.1 Å². The number of hydrogen-bond donors (Lipinski definition) is 1. The van der Waals surface area contributed by atoms with Crippen LogP contribution < -0.4 is 5.32 Å². The number of rotatable bonds is 4. The van der Waals surface area contributed by atoms with Crippen molar-refractivity contribution in [3.8, 4) is 0 Å². The second kappa shape index (κ2) is 4.91. The SMILES string of the molecule is CC1CNC(C)(C2CC2)CN1CCc1ccnn1C. The van der Waals surface area contributed by atoms with Gasteiger partial charge in [0.15, 0.2) is 0 Å². The van der Waals surface area contributed by atoms with Gasteiger partial charge < -0.3 is 5.32 Å². The number of nitrogens with zero attached hydrogens (tertiary/aromatic N) is 3. The zero-order valence-corrected chi connectivity index (χ0v) is 12.4. The fourth-order valence-corrected chi connectivity index (χ4v) is 3.34. The van der Waals surface area contributed by atoms with Crippen molar-refractivity contribution in [3.05, 3.63) is 18.0 Å².